The van der Waals surface area contributed by atoms with Crippen molar-refractivity contribution in [2.45, 2.75) is 6.42 Å². The van der Waals surface area contributed by atoms with Crippen LogP contribution in [0.3, 0.4) is 0 Å². The lowest BCUT2D eigenvalue weighted by Gasteiger charge is -2.11. The molecule has 0 fully saturated rings. The third-order valence-electron chi connectivity index (χ3n) is 3.11. The lowest BCUT2D eigenvalue weighted by atomic mass is 10.2. The van der Waals surface area contributed by atoms with Gasteiger partial charge in [0.15, 0.2) is 0 Å². The number of rotatable bonds is 3. The van der Waals surface area contributed by atoms with Crippen LogP contribution >= 0.6 is 39.1 Å². The first-order chi connectivity index (χ1) is 9.72. The van der Waals surface area contributed by atoms with E-state index in [-0.39, 0.29) is 0 Å². The van der Waals surface area contributed by atoms with Crippen molar-refractivity contribution in [2.24, 2.45) is 0 Å². The van der Waals surface area contributed by atoms with Gasteiger partial charge in [-0.25, -0.2) is 4.98 Å². The summed E-state index contributed by atoms with van der Waals surface area (Å²) < 4.78 is 3.07. The predicted molar refractivity (Wildman–Crippen MR) is 88.2 cm³/mol. The lowest BCUT2D eigenvalue weighted by molar-refractivity contribution is 0.909. The second-order valence-electron chi connectivity index (χ2n) is 4.36. The number of alkyl halides is 1. The average Bonchev–Trinajstić information content (AvgIpc) is 2.79. The van der Waals surface area contributed by atoms with E-state index >= 15 is 0 Å². The van der Waals surface area contributed by atoms with Gasteiger partial charge in [0.2, 0.25) is 0 Å². The highest BCUT2D eigenvalue weighted by Gasteiger charge is 2.15. The third kappa shape index (κ3) is 2.34. The Kier molecular flexibility index (Phi) is 4.01. The fraction of sp³-hybridized carbons (Fsp3) is 0.133. The Balaban J connectivity index is 2.37. The number of hydrogen-bond acceptors (Lipinski definition) is 1. The van der Waals surface area contributed by atoms with Crippen LogP contribution in [0, 0.1) is 0 Å². The van der Waals surface area contributed by atoms with Crippen LogP contribution in [0.2, 0.25) is 5.02 Å². The zero-order valence-electron chi connectivity index (χ0n) is 10.5. The zero-order valence-corrected chi connectivity index (χ0v) is 13.6. The van der Waals surface area contributed by atoms with Gasteiger partial charge in [0.1, 0.15) is 5.82 Å². The molecule has 20 heavy (non-hydrogen) atoms. The van der Waals surface area contributed by atoms with Gasteiger partial charge in [0.25, 0.3) is 0 Å². The summed E-state index contributed by atoms with van der Waals surface area (Å²) in [7, 11) is 0. The molecule has 102 valence electrons. The normalized spacial score (nSPS) is 11.2. The second kappa shape index (κ2) is 5.76. The molecule has 0 amide bonds. The van der Waals surface area contributed by atoms with Crippen LogP contribution in [0.5, 0.6) is 0 Å². The van der Waals surface area contributed by atoms with E-state index in [1.807, 2.05) is 42.5 Å². The number of aryl methyl sites for hydroxylation is 1. The monoisotopic (exact) mass is 368 g/mol. The number of fused-ring (bicyclic) bond motifs is 1. The maximum atomic E-state index is 6.37. The predicted octanol–water partition coefficient (Wildman–Crippen LogP) is 5.22. The van der Waals surface area contributed by atoms with Crippen LogP contribution in [0.4, 0.5) is 0 Å². The summed E-state index contributed by atoms with van der Waals surface area (Å²) in [6.07, 6.45) is 0.688. The van der Waals surface area contributed by atoms with E-state index in [1.54, 1.807) is 0 Å². The molecule has 3 aromatic rings. The molecule has 0 spiro atoms. The number of aromatic nitrogens is 2. The van der Waals surface area contributed by atoms with E-state index in [9.17, 15) is 0 Å². The second-order valence-corrected chi connectivity index (χ2v) is 6.00. The Morgan fingerprint density at radius 2 is 1.90 bits per heavy atom. The molecule has 0 saturated heterocycles. The molecule has 0 aliphatic carbocycles. The quantitative estimate of drug-likeness (QED) is 0.578. The molecule has 1 heterocycles. The summed E-state index contributed by atoms with van der Waals surface area (Å²) in [6, 6.07) is 13.8. The molecule has 0 bridgehead atoms. The van der Waals surface area contributed by atoms with Crippen molar-refractivity contribution in [3.05, 3.63) is 57.8 Å². The highest BCUT2D eigenvalue weighted by atomic mass is 79.9. The van der Waals surface area contributed by atoms with Crippen molar-refractivity contribution in [3.63, 3.8) is 0 Å². The van der Waals surface area contributed by atoms with Crippen molar-refractivity contribution in [1.29, 1.82) is 0 Å². The van der Waals surface area contributed by atoms with Crippen LogP contribution in [0.15, 0.2) is 46.9 Å². The molecule has 0 unspecified atom stereocenters. The van der Waals surface area contributed by atoms with Gasteiger partial charge in [0, 0.05) is 16.8 Å². The van der Waals surface area contributed by atoms with Crippen molar-refractivity contribution >= 4 is 50.2 Å². The van der Waals surface area contributed by atoms with E-state index in [1.165, 1.54) is 0 Å². The third-order valence-corrected chi connectivity index (χ3v) is 4.27. The van der Waals surface area contributed by atoms with Gasteiger partial charge in [-0.2, -0.15) is 0 Å². The molecule has 2 nitrogen and oxygen atoms in total. The molecule has 5 heteroatoms. The van der Waals surface area contributed by atoms with E-state index < -0.39 is 0 Å². The molecule has 0 radical (unpaired) electrons. The lowest BCUT2D eigenvalue weighted by Crippen LogP contribution is -2.03. The van der Waals surface area contributed by atoms with Crippen molar-refractivity contribution in [1.82, 2.24) is 9.55 Å². The fourth-order valence-corrected chi connectivity index (χ4v) is 3.16. The highest BCUT2D eigenvalue weighted by Crippen LogP contribution is 2.31. The SMILES string of the molecule is ClCCc1nc2cccc(Cl)c2n1-c1ccccc1Br. The number of nitrogens with zero attached hydrogens (tertiary/aromatic N) is 2. The fourth-order valence-electron chi connectivity index (χ4n) is 2.28. The molecule has 0 saturated carbocycles. The van der Waals surface area contributed by atoms with Gasteiger partial charge in [-0.15, -0.1) is 11.6 Å². The summed E-state index contributed by atoms with van der Waals surface area (Å²) in [6.45, 7) is 0. The molecule has 1 aromatic heterocycles. The number of hydrogen-bond donors (Lipinski definition) is 0. The van der Waals surface area contributed by atoms with Crippen LogP contribution in [0.1, 0.15) is 5.82 Å². The average molecular weight is 370 g/mol. The minimum atomic E-state index is 0.519. The van der Waals surface area contributed by atoms with Crippen LogP contribution in [0.25, 0.3) is 16.7 Å². The van der Waals surface area contributed by atoms with Crippen LogP contribution < -0.4 is 0 Å². The van der Waals surface area contributed by atoms with E-state index in [4.69, 9.17) is 23.2 Å². The molecule has 3 rings (SSSR count). The van der Waals surface area contributed by atoms with Crippen LogP contribution in [-0.2, 0) is 6.42 Å². The largest absolute Gasteiger partial charge is 0.294 e. The molecule has 0 atom stereocenters. The maximum Gasteiger partial charge on any atom is 0.115 e. The van der Waals surface area contributed by atoms with E-state index in [2.05, 4.69) is 25.5 Å². The Labute approximate surface area is 135 Å². The standard InChI is InChI=1S/C15H11BrCl2N2/c16-10-4-1-2-7-13(10)20-14(8-9-17)19-12-6-3-5-11(18)15(12)20/h1-7H,8-9H2. The topological polar surface area (TPSA) is 17.8 Å². The number of para-hydroxylation sites is 2. The molecular formula is C15H11BrCl2N2. The van der Waals surface area contributed by atoms with Gasteiger partial charge in [-0.05, 0) is 40.2 Å². The number of benzene rings is 2. The van der Waals surface area contributed by atoms with E-state index in [0.717, 1.165) is 27.0 Å². The van der Waals surface area contributed by atoms with Gasteiger partial charge in [0.05, 0.1) is 21.7 Å². The van der Waals surface area contributed by atoms with Crippen molar-refractivity contribution in [2.75, 3.05) is 5.88 Å². The molecule has 0 aliphatic rings. The summed E-state index contributed by atoms with van der Waals surface area (Å²) in [4.78, 5) is 4.65. The minimum absolute atomic E-state index is 0.519. The highest BCUT2D eigenvalue weighted by molar-refractivity contribution is 9.10. The summed E-state index contributed by atoms with van der Waals surface area (Å²) >= 11 is 15.9. The van der Waals surface area contributed by atoms with Gasteiger partial charge in [-0.3, -0.25) is 4.57 Å². The van der Waals surface area contributed by atoms with Gasteiger partial charge >= 0.3 is 0 Å². The first-order valence-electron chi connectivity index (χ1n) is 6.19. The Morgan fingerprint density at radius 1 is 1.10 bits per heavy atom. The maximum absolute atomic E-state index is 6.37. The van der Waals surface area contributed by atoms with E-state index in [0.29, 0.717) is 17.3 Å². The Hall–Kier alpha value is -1.03. The van der Waals surface area contributed by atoms with Gasteiger partial charge in [-0.1, -0.05) is 29.8 Å². The molecule has 0 aliphatic heterocycles. The number of imidazole rings is 1. The summed E-state index contributed by atoms with van der Waals surface area (Å²) in [5.74, 6) is 1.43. The minimum Gasteiger partial charge on any atom is -0.294 e. The molecule has 2 aromatic carbocycles. The summed E-state index contributed by atoms with van der Waals surface area (Å²) in [5.41, 5.74) is 2.82. The van der Waals surface area contributed by atoms with Gasteiger partial charge < -0.3 is 0 Å². The Morgan fingerprint density at radius 3 is 2.65 bits per heavy atom. The van der Waals surface area contributed by atoms with Crippen molar-refractivity contribution in [3.8, 4) is 5.69 Å². The zero-order chi connectivity index (χ0) is 14.1. The number of halogens is 3. The Bertz CT molecular complexity index is 768. The molecular weight excluding hydrogens is 359 g/mol. The van der Waals surface area contributed by atoms with Crippen molar-refractivity contribution < 1.29 is 0 Å². The first-order valence-corrected chi connectivity index (χ1v) is 7.89. The smallest absolute Gasteiger partial charge is 0.115 e. The van der Waals surface area contributed by atoms with Crippen LogP contribution in [-0.4, -0.2) is 15.4 Å². The first kappa shape index (κ1) is 13.9. The summed E-state index contributed by atoms with van der Waals surface area (Å²) in [5, 5.41) is 0.687. The molecule has 0 N–H and O–H groups in total.